The summed E-state index contributed by atoms with van der Waals surface area (Å²) < 4.78 is 0. The number of hydrogen-bond acceptors (Lipinski definition) is 2. The number of halogens is 2. The van der Waals surface area contributed by atoms with E-state index in [1.807, 2.05) is 13.0 Å². The molecule has 2 aromatic rings. The molecule has 3 rings (SSSR count). The third-order valence-corrected chi connectivity index (χ3v) is 4.47. The van der Waals surface area contributed by atoms with Gasteiger partial charge < -0.3 is 5.11 Å². The lowest BCUT2D eigenvalue weighted by Crippen LogP contribution is -2.13. The van der Waals surface area contributed by atoms with Crippen LogP contribution in [-0.2, 0) is 6.42 Å². The Balaban J connectivity index is 2.40. The van der Waals surface area contributed by atoms with Crippen molar-refractivity contribution in [3.63, 3.8) is 0 Å². The first-order chi connectivity index (χ1) is 8.59. The van der Waals surface area contributed by atoms with E-state index in [2.05, 4.69) is 4.98 Å². The Kier molecular flexibility index (Phi) is 2.97. The fraction of sp³-hybridized carbons (Fsp3) is 0.357. The quantitative estimate of drug-likeness (QED) is 0.784. The fourth-order valence-corrected chi connectivity index (χ4v) is 3.19. The van der Waals surface area contributed by atoms with Crippen molar-refractivity contribution in [1.29, 1.82) is 0 Å². The maximum Gasteiger partial charge on any atom is 0.0963 e. The van der Waals surface area contributed by atoms with E-state index < -0.39 is 6.10 Å². The lowest BCUT2D eigenvalue weighted by Gasteiger charge is -2.23. The minimum atomic E-state index is -0.452. The van der Waals surface area contributed by atoms with Crippen LogP contribution in [0.15, 0.2) is 12.1 Å². The number of aromatic nitrogens is 1. The summed E-state index contributed by atoms with van der Waals surface area (Å²) in [5.74, 6) is 0. The number of aliphatic hydroxyl groups is 1. The number of fused-ring (bicyclic) bond motifs is 2. The molecule has 18 heavy (non-hydrogen) atoms. The third-order valence-electron chi connectivity index (χ3n) is 3.67. The molecule has 2 nitrogen and oxygen atoms in total. The van der Waals surface area contributed by atoms with Gasteiger partial charge in [-0.2, -0.15) is 0 Å². The summed E-state index contributed by atoms with van der Waals surface area (Å²) in [6.07, 6.45) is 2.27. The van der Waals surface area contributed by atoms with Crippen LogP contribution in [0.2, 0.25) is 10.0 Å². The van der Waals surface area contributed by atoms with Crippen LogP contribution in [0.1, 0.15) is 35.8 Å². The molecule has 0 fully saturated rings. The number of benzene rings is 1. The highest BCUT2D eigenvalue weighted by molar-refractivity contribution is 6.45. The van der Waals surface area contributed by atoms with Crippen LogP contribution in [0.4, 0.5) is 0 Å². The zero-order valence-corrected chi connectivity index (χ0v) is 11.5. The van der Waals surface area contributed by atoms with Gasteiger partial charge in [-0.05, 0) is 49.4 Å². The molecule has 0 bridgehead atoms. The molecular weight excluding hydrogens is 269 g/mol. The Hall–Kier alpha value is -0.830. The predicted molar refractivity (Wildman–Crippen MR) is 74.4 cm³/mol. The second kappa shape index (κ2) is 4.37. The summed E-state index contributed by atoms with van der Waals surface area (Å²) >= 11 is 12.3. The van der Waals surface area contributed by atoms with Crippen LogP contribution in [0.5, 0.6) is 0 Å². The minimum Gasteiger partial charge on any atom is -0.387 e. The number of rotatable bonds is 0. The SMILES string of the molecule is Cc1c2c(nc3ccc(Cl)c(Cl)c13)C(O)CCC2. The van der Waals surface area contributed by atoms with Gasteiger partial charge in [-0.1, -0.05) is 23.2 Å². The van der Waals surface area contributed by atoms with E-state index >= 15 is 0 Å². The molecule has 94 valence electrons. The molecule has 0 saturated carbocycles. The largest absolute Gasteiger partial charge is 0.387 e. The Labute approximate surface area is 116 Å². The number of nitrogens with zero attached hydrogens (tertiary/aromatic N) is 1. The van der Waals surface area contributed by atoms with Crippen LogP contribution in [0.3, 0.4) is 0 Å². The van der Waals surface area contributed by atoms with Crippen molar-refractivity contribution in [2.75, 3.05) is 0 Å². The number of pyridine rings is 1. The molecule has 1 heterocycles. The lowest BCUT2D eigenvalue weighted by molar-refractivity contribution is 0.152. The van der Waals surface area contributed by atoms with Gasteiger partial charge in [-0.3, -0.25) is 0 Å². The summed E-state index contributed by atoms with van der Waals surface area (Å²) in [7, 11) is 0. The molecule has 1 aliphatic rings. The Morgan fingerprint density at radius 2 is 2.11 bits per heavy atom. The summed E-state index contributed by atoms with van der Waals surface area (Å²) in [5, 5.41) is 12.1. The van der Waals surface area contributed by atoms with E-state index in [4.69, 9.17) is 23.2 Å². The summed E-state index contributed by atoms with van der Waals surface area (Å²) in [5.41, 5.74) is 3.85. The van der Waals surface area contributed by atoms with Gasteiger partial charge in [-0.25, -0.2) is 4.98 Å². The molecule has 0 amide bonds. The molecule has 1 atom stereocenters. The van der Waals surface area contributed by atoms with Crippen molar-refractivity contribution in [2.45, 2.75) is 32.3 Å². The van der Waals surface area contributed by atoms with Crippen molar-refractivity contribution in [3.8, 4) is 0 Å². The molecule has 1 aliphatic carbocycles. The molecule has 1 aromatic carbocycles. The number of hydrogen-bond donors (Lipinski definition) is 1. The van der Waals surface area contributed by atoms with E-state index in [1.54, 1.807) is 6.07 Å². The number of aliphatic hydroxyl groups excluding tert-OH is 1. The van der Waals surface area contributed by atoms with Gasteiger partial charge in [0.15, 0.2) is 0 Å². The van der Waals surface area contributed by atoms with E-state index in [0.29, 0.717) is 10.0 Å². The van der Waals surface area contributed by atoms with Gasteiger partial charge in [-0.15, -0.1) is 0 Å². The van der Waals surface area contributed by atoms with Crippen LogP contribution < -0.4 is 0 Å². The maximum absolute atomic E-state index is 10.0. The van der Waals surface area contributed by atoms with Gasteiger partial charge in [0.1, 0.15) is 0 Å². The normalized spacial score (nSPS) is 19.0. The highest BCUT2D eigenvalue weighted by Gasteiger charge is 2.23. The maximum atomic E-state index is 10.0. The molecule has 0 aliphatic heterocycles. The van der Waals surface area contributed by atoms with Gasteiger partial charge in [0.05, 0.1) is 27.4 Å². The van der Waals surface area contributed by atoms with Crippen molar-refractivity contribution in [2.24, 2.45) is 0 Å². The van der Waals surface area contributed by atoms with E-state index in [-0.39, 0.29) is 0 Å². The Morgan fingerprint density at radius 3 is 2.89 bits per heavy atom. The molecule has 0 radical (unpaired) electrons. The topological polar surface area (TPSA) is 33.1 Å². The van der Waals surface area contributed by atoms with Crippen molar-refractivity contribution in [3.05, 3.63) is 39.0 Å². The van der Waals surface area contributed by atoms with Gasteiger partial charge in [0, 0.05) is 5.39 Å². The van der Waals surface area contributed by atoms with E-state index in [0.717, 1.165) is 47.0 Å². The molecular formula is C14H13Cl2NO. The first-order valence-corrected chi connectivity index (χ1v) is 6.80. The molecule has 1 N–H and O–H groups in total. The van der Waals surface area contributed by atoms with Gasteiger partial charge in [0.2, 0.25) is 0 Å². The molecule has 4 heteroatoms. The van der Waals surface area contributed by atoms with Gasteiger partial charge >= 0.3 is 0 Å². The van der Waals surface area contributed by atoms with Crippen LogP contribution in [0, 0.1) is 6.92 Å². The first kappa shape index (κ1) is 12.2. The Bertz CT molecular complexity index is 639. The minimum absolute atomic E-state index is 0.452. The fourth-order valence-electron chi connectivity index (χ4n) is 2.73. The van der Waals surface area contributed by atoms with Crippen LogP contribution in [-0.4, -0.2) is 10.1 Å². The average molecular weight is 282 g/mol. The van der Waals surface area contributed by atoms with E-state index in [9.17, 15) is 5.11 Å². The monoisotopic (exact) mass is 281 g/mol. The molecule has 1 unspecified atom stereocenters. The van der Waals surface area contributed by atoms with Crippen molar-refractivity contribution in [1.82, 2.24) is 4.98 Å². The zero-order valence-electron chi connectivity index (χ0n) is 10.0. The van der Waals surface area contributed by atoms with Gasteiger partial charge in [0.25, 0.3) is 0 Å². The molecule has 1 aromatic heterocycles. The highest BCUT2D eigenvalue weighted by atomic mass is 35.5. The Morgan fingerprint density at radius 1 is 1.33 bits per heavy atom. The van der Waals surface area contributed by atoms with Crippen LogP contribution in [0.25, 0.3) is 10.9 Å². The van der Waals surface area contributed by atoms with E-state index in [1.165, 1.54) is 0 Å². The smallest absolute Gasteiger partial charge is 0.0963 e. The predicted octanol–water partition coefficient (Wildman–Crippen LogP) is 4.22. The van der Waals surface area contributed by atoms with Crippen molar-refractivity contribution >= 4 is 34.1 Å². The molecule has 0 spiro atoms. The summed E-state index contributed by atoms with van der Waals surface area (Å²) in [4.78, 5) is 4.57. The second-order valence-electron chi connectivity index (χ2n) is 4.76. The standard InChI is InChI=1S/C14H13Cl2NO/c1-7-8-3-2-4-11(18)14(8)17-10-6-5-9(15)13(16)12(7)10/h5-6,11,18H,2-4H2,1H3. The highest BCUT2D eigenvalue weighted by Crippen LogP contribution is 2.38. The van der Waals surface area contributed by atoms with Crippen molar-refractivity contribution < 1.29 is 5.11 Å². The molecule has 0 saturated heterocycles. The average Bonchev–Trinajstić information content (AvgIpc) is 2.35. The lowest BCUT2D eigenvalue weighted by atomic mass is 9.89. The third kappa shape index (κ3) is 1.71. The first-order valence-electron chi connectivity index (χ1n) is 6.04. The van der Waals surface area contributed by atoms with Crippen LogP contribution >= 0.6 is 23.2 Å². The second-order valence-corrected chi connectivity index (χ2v) is 5.55. The summed E-state index contributed by atoms with van der Waals surface area (Å²) in [6, 6.07) is 3.61. The number of aryl methyl sites for hydroxylation is 1. The summed E-state index contributed by atoms with van der Waals surface area (Å²) in [6.45, 7) is 2.03. The zero-order chi connectivity index (χ0) is 12.9.